The van der Waals surface area contributed by atoms with Crippen molar-refractivity contribution in [3.8, 4) is 11.5 Å². The fourth-order valence-electron chi connectivity index (χ4n) is 3.64. The van der Waals surface area contributed by atoms with E-state index in [2.05, 4.69) is 5.32 Å². The molecule has 180 valence electrons. The van der Waals surface area contributed by atoms with Crippen molar-refractivity contribution >= 4 is 11.8 Å². The van der Waals surface area contributed by atoms with E-state index in [1.54, 1.807) is 17.0 Å². The first-order valence-electron chi connectivity index (χ1n) is 11.6. The molecule has 2 aromatic rings. The molecule has 0 aliphatic carbocycles. The number of hydrogen-bond acceptors (Lipinski definition) is 4. The van der Waals surface area contributed by atoms with Crippen LogP contribution in [-0.2, 0) is 22.6 Å². The number of nitrogens with one attached hydrogen (secondary N) is 1. The number of carbonyl (C=O) groups is 2. The van der Waals surface area contributed by atoms with Crippen LogP contribution in [0.15, 0.2) is 42.5 Å². The number of ether oxygens (including phenoxy) is 2. The van der Waals surface area contributed by atoms with Gasteiger partial charge in [-0.3, -0.25) is 9.59 Å². The molecule has 0 heterocycles. The van der Waals surface area contributed by atoms with Crippen molar-refractivity contribution in [2.75, 3.05) is 19.8 Å². The van der Waals surface area contributed by atoms with Gasteiger partial charge in [0, 0.05) is 19.5 Å². The fraction of sp³-hybridized carbons (Fsp3) is 0.462. The van der Waals surface area contributed by atoms with Gasteiger partial charge in [0.25, 0.3) is 0 Å². The van der Waals surface area contributed by atoms with E-state index < -0.39 is 6.04 Å². The van der Waals surface area contributed by atoms with E-state index in [1.165, 1.54) is 12.1 Å². The first-order valence-corrected chi connectivity index (χ1v) is 11.6. The molecule has 0 radical (unpaired) electrons. The Bertz CT molecular complexity index is 902. The number of halogens is 1. The molecule has 0 aromatic heterocycles. The Morgan fingerprint density at radius 3 is 2.18 bits per heavy atom. The monoisotopic (exact) mass is 458 g/mol. The average molecular weight is 459 g/mol. The molecule has 0 spiro atoms. The van der Waals surface area contributed by atoms with Crippen LogP contribution < -0.4 is 14.8 Å². The van der Waals surface area contributed by atoms with Crippen molar-refractivity contribution in [3.05, 3.63) is 59.4 Å². The lowest BCUT2D eigenvalue weighted by atomic mass is 10.1. The first kappa shape index (κ1) is 26.2. The largest absolute Gasteiger partial charge is 0.490 e. The maximum absolute atomic E-state index is 13.3. The molecular formula is C26H35FN2O4. The topological polar surface area (TPSA) is 67.9 Å². The molecule has 1 atom stereocenters. The van der Waals surface area contributed by atoms with Crippen LogP contribution >= 0.6 is 0 Å². The van der Waals surface area contributed by atoms with Crippen molar-refractivity contribution in [1.29, 1.82) is 0 Å². The van der Waals surface area contributed by atoms with Crippen LogP contribution in [0, 0.1) is 5.82 Å². The summed E-state index contributed by atoms with van der Waals surface area (Å²) in [4.78, 5) is 27.5. The molecule has 6 nitrogen and oxygen atoms in total. The predicted molar refractivity (Wildman–Crippen MR) is 127 cm³/mol. The third kappa shape index (κ3) is 7.77. The molecule has 0 bridgehead atoms. The van der Waals surface area contributed by atoms with Crippen LogP contribution in [-0.4, -0.2) is 42.5 Å². The fourth-order valence-corrected chi connectivity index (χ4v) is 3.64. The standard InChI is InChI=1S/C26H35FN2O4/c1-5-22(26(31)28-6-2)29(18-20-9-13-21(27)14-10-20)25(30)16-12-19-11-15-23(32-7-3)24(17-19)33-8-4/h9-11,13-15,17,22H,5-8,12,16,18H2,1-4H3,(H,28,31)/t22-/m0/s1. The quantitative estimate of drug-likeness (QED) is 0.480. The Labute approximate surface area is 196 Å². The molecule has 0 saturated heterocycles. The van der Waals surface area contributed by atoms with Crippen LogP contribution in [0.2, 0.25) is 0 Å². The molecule has 0 aliphatic heterocycles. The normalized spacial score (nSPS) is 11.5. The summed E-state index contributed by atoms with van der Waals surface area (Å²) in [5.41, 5.74) is 1.72. The highest BCUT2D eigenvalue weighted by atomic mass is 19.1. The molecule has 1 N–H and O–H groups in total. The zero-order chi connectivity index (χ0) is 24.2. The summed E-state index contributed by atoms with van der Waals surface area (Å²) in [7, 11) is 0. The minimum Gasteiger partial charge on any atom is -0.490 e. The average Bonchev–Trinajstić information content (AvgIpc) is 2.80. The predicted octanol–water partition coefficient (Wildman–Crippen LogP) is 4.50. The smallest absolute Gasteiger partial charge is 0.242 e. The van der Waals surface area contributed by atoms with E-state index in [9.17, 15) is 14.0 Å². The van der Waals surface area contributed by atoms with Gasteiger partial charge in [-0.1, -0.05) is 25.1 Å². The second-order valence-corrected chi connectivity index (χ2v) is 7.61. The zero-order valence-corrected chi connectivity index (χ0v) is 20.0. The van der Waals surface area contributed by atoms with Crippen molar-refractivity contribution in [3.63, 3.8) is 0 Å². The van der Waals surface area contributed by atoms with E-state index in [1.807, 2.05) is 45.9 Å². The summed E-state index contributed by atoms with van der Waals surface area (Å²) in [6, 6.07) is 11.1. The van der Waals surface area contributed by atoms with Gasteiger partial charge in [0.2, 0.25) is 11.8 Å². The molecular weight excluding hydrogens is 423 g/mol. The van der Waals surface area contributed by atoms with Crippen LogP contribution in [0.3, 0.4) is 0 Å². The van der Waals surface area contributed by atoms with E-state index in [-0.39, 0.29) is 30.6 Å². The number of aryl methyl sites for hydroxylation is 1. The van der Waals surface area contributed by atoms with E-state index >= 15 is 0 Å². The molecule has 2 aromatic carbocycles. The minimum atomic E-state index is -0.596. The molecule has 2 rings (SSSR count). The number of carbonyl (C=O) groups excluding carboxylic acids is 2. The summed E-state index contributed by atoms with van der Waals surface area (Å²) >= 11 is 0. The number of rotatable bonds is 13. The summed E-state index contributed by atoms with van der Waals surface area (Å²) in [6.45, 7) is 9.32. The molecule has 2 amide bonds. The van der Waals surface area contributed by atoms with Gasteiger partial charge in [0.15, 0.2) is 11.5 Å². The highest BCUT2D eigenvalue weighted by Gasteiger charge is 2.28. The maximum atomic E-state index is 13.3. The lowest BCUT2D eigenvalue weighted by Crippen LogP contribution is -2.49. The van der Waals surface area contributed by atoms with Gasteiger partial charge in [-0.2, -0.15) is 0 Å². The SMILES string of the molecule is CCNC(=O)[C@H](CC)N(Cc1ccc(F)cc1)C(=O)CCc1ccc(OCC)c(OCC)c1. The Morgan fingerprint density at radius 2 is 1.58 bits per heavy atom. The summed E-state index contributed by atoms with van der Waals surface area (Å²) in [5, 5.41) is 2.82. The molecule has 7 heteroatoms. The Morgan fingerprint density at radius 1 is 0.939 bits per heavy atom. The molecule has 0 unspecified atom stereocenters. The Balaban J connectivity index is 2.20. The number of likely N-dealkylation sites (N-methyl/N-ethyl adjacent to an activating group) is 1. The van der Waals surface area contributed by atoms with Crippen molar-refractivity contribution in [1.82, 2.24) is 10.2 Å². The van der Waals surface area contributed by atoms with E-state index in [0.29, 0.717) is 44.1 Å². The Kier molecular flexibility index (Phi) is 10.7. The minimum absolute atomic E-state index is 0.135. The van der Waals surface area contributed by atoms with Crippen LogP contribution in [0.25, 0.3) is 0 Å². The third-order valence-corrected chi connectivity index (χ3v) is 5.24. The van der Waals surface area contributed by atoms with Crippen molar-refractivity contribution in [2.24, 2.45) is 0 Å². The lowest BCUT2D eigenvalue weighted by molar-refractivity contribution is -0.141. The highest BCUT2D eigenvalue weighted by molar-refractivity contribution is 5.87. The van der Waals surface area contributed by atoms with Crippen LogP contribution in [0.5, 0.6) is 11.5 Å². The molecule has 33 heavy (non-hydrogen) atoms. The summed E-state index contributed by atoms with van der Waals surface area (Å²) in [6.07, 6.45) is 1.21. The van der Waals surface area contributed by atoms with Gasteiger partial charge in [-0.25, -0.2) is 4.39 Å². The van der Waals surface area contributed by atoms with Crippen molar-refractivity contribution in [2.45, 2.75) is 59.5 Å². The molecule has 0 saturated carbocycles. The zero-order valence-electron chi connectivity index (χ0n) is 20.0. The second kappa shape index (κ2) is 13.5. The summed E-state index contributed by atoms with van der Waals surface area (Å²) < 4.78 is 24.6. The molecule has 0 aliphatic rings. The van der Waals surface area contributed by atoms with E-state index in [4.69, 9.17) is 9.47 Å². The Hall–Kier alpha value is -3.09. The number of nitrogens with zero attached hydrogens (tertiary/aromatic N) is 1. The van der Waals surface area contributed by atoms with Crippen molar-refractivity contribution < 1.29 is 23.5 Å². The number of hydrogen-bond donors (Lipinski definition) is 1. The van der Waals surface area contributed by atoms with Crippen LogP contribution in [0.1, 0.15) is 51.7 Å². The van der Waals surface area contributed by atoms with Gasteiger partial charge in [-0.15, -0.1) is 0 Å². The van der Waals surface area contributed by atoms with Gasteiger partial charge in [-0.05, 0) is 69.0 Å². The van der Waals surface area contributed by atoms with Gasteiger partial charge in [0.05, 0.1) is 13.2 Å². The van der Waals surface area contributed by atoms with Crippen LogP contribution in [0.4, 0.5) is 4.39 Å². The number of benzene rings is 2. The highest BCUT2D eigenvalue weighted by Crippen LogP contribution is 2.29. The lowest BCUT2D eigenvalue weighted by Gasteiger charge is -2.30. The first-order chi connectivity index (χ1) is 15.9. The number of amides is 2. The third-order valence-electron chi connectivity index (χ3n) is 5.24. The van der Waals surface area contributed by atoms with E-state index in [0.717, 1.165) is 11.1 Å². The second-order valence-electron chi connectivity index (χ2n) is 7.61. The maximum Gasteiger partial charge on any atom is 0.242 e. The van der Waals surface area contributed by atoms with Gasteiger partial charge < -0.3 is 19.7 Å². The van der Waals surface area contributed by atoms with Gasteiger partial charge in [0.1, 0.15) is 11.9 Å². The summed E-state index contributed by atoms with van der Waals surface area (Å²) in [5.74, 6) is 0.670. The molecule has 0 fully saturated rings. The van der Waals surface area contributed by atoms with Gasteiger partial charge >= 0.3 is 0 Å².